The molecule has 0 aliphatic heterocycles. The third kappa shape index (κ3) is 7.90. The molecule has 17 rings (SSSR count). The summed E-state index contributed by atoms with van der Waals surface area (Å²) in [6, 6.07) is 10.7. The first-order valence-corrected chi connectivity index (χ1v) is 25.1. The number of carboxylic acid groups (broad SMARTS) is 2. The smallest absolute Gasteiger partial charge is 0.309 e. The highest BCUT2D eigenvalue weighted by Crippen LogP contribution is 2.67. The predicted molar refractivity (Wildman–Crippen MR) is 235 cm³/mol. The quantitative estimate of drug-likeness (QED) is 0.131. The minimum Gasteiger partial charge on any atom is -0.481 e. The van der Waals surface area contributed by atoms with Crippen LogP contribution in [0.2, 0.25) is 0 Å². The highest BCUT2D eigenvalue weighted by atomic mass is 35.5. The van der Waals surface area contributed by atoms with Crippen molar-refractivity contribution < 1.29 is 53.1 Å². The van der Waals surface area contributed by atoms with Crippen molar-refractivity contribution in [1.29, 1.82) is 0 Å². The lowest BCUT2D eigenvalue weighted by Gasteiger charge is -2.60. The Labute approximate surface area is 382 Å². The van der Waals surface area contributed by atoms with E-state index in [-0.39, 0.29) is 21.5 Å². The Morgan fingerprint density at radius 3 is 1.41 bits per heavy atom. The van der Waals surface area contributed by atoms with E-state index in [1.165, 1.54) is 44.1 Å². The number of methoxy groups -OCH3 is 1. The molecule has 0 radical (unpaired) electrons. The molecular formula is C52H69ClO11. The van der Waals surface area contributed by atoms with Crippen LogP contribution in [0.1, 0.15) is 153 Å². The first-order valence-electron chi connectivity index (χ1n) is 24.7. The minimum atomic E-state index is -0.694. The van der Waals surface area contributed by atoms with Crippen molar-refractivity contribution >= 4 is 43.0 Å². The fourth-order valence-electron chi connectivity index (χ4n) is 19.2. The molecule has 0 spiro atoms. The number of hydrogen-bond acceptors (Lipinski definition) is 9. The van der Waals surface area contributed by atoms with E-state index >= 15 is 0 Å². The van der Waals surface area contributed by atoms with Crippen molar-refractivity contribution in [3.63, 3.8) is 0 Å². The Morgan fingerprint density at radius 2 is 0.953 bits per heavy atom. The predicted octanol–water partition coefficient (Wildman–Crippen LogP) is 9.43. The standard InChI is InChI=1S/C17H20O2.C12H16O4.C12H18O3.C11H15ClO2/c18-15(19)17-9-12-6-13(10-17)8-16(7-12,11-17)14-4-2-1-3-5-14;13-7-16-12-4-8-1-9(5-12)3-11(2-8,6-12)10(14)15;1-14-11-9-2-8-3-10(11)6-12(4-8,5-9)15-7-13;12-10-2-8-1-9(3-10)5-11(4-8,6-10)14-7-13/h1-5,12-13H,6-11H2,(H,18,19);7-9H,1-6H2,(H,14,15);7-11H,2-6H2,1H3;7-9H,1-6H2. The molecule has 0 heterocycles. The van der Waals surface area contributed by atoms with Crippen LogP contribution in [0, 0.1) is 64.1 Å². The molecule has 64 heavy (non-hydrogen) atoms. The van der Waals surface area contributed by atoms with Gasteiger partial charge in [-0.05, 0) is 199 Å². The molecule has 0 amide bonds. The zero-order valence-corrected chi connectivity index (χ0v) is 38.4. The summed E-state index contributed by atoms with van der Waals surface area (Å²) in [5.41, 5.74) is -0.239. The highest BCUT2D eigenvalue weighted by molar-refractivity contribution is 6.24. The van der Waals surface area contributed by atoms with Crippen LogP contribution in [0.5, 0.6) is 0 Å². The first-order chi connectivity index (χ1) is 30.6. The molecule has 1 aromatic rings. The van der Waals surface area contributed by atoms with Crippen LogP contribution in [-0.2, 0) is 48.3 Å². The number of hydrogen-bond donors (Lipinski definition) is 2. The van der Waals surface area contributed by atoms with Crippen LogP contribution >= 0.6 is 11.6 Å². The van der Waals surface area contributed by atoms with Crippen molar-refractivity contribution in [1.82, 2.24) is 0 Å². The number of halogens is 1. The van der Waals surface area contributed by atoms with Crippen LogP contribution in [0.4, 0.5) is 0 Å². The van der Waals surface area contributed by atoms with Gasteiger partial charge in [0, 0.05) is 24.8 Å². The second kappa shape index (κ2) is 16.3. The number of alkyl halides is 1. The zero-order chi connectivity index (χ0) is 44.8. The van der Waals surface area contributed by atoms with Gasteiger partial charge in [0.1, 0.15) is 16.8 Å². The summed E-state index contributed by atoms with van der Waals surface area (Å²) >= 11 is 6.56. The van der Waals surface area contributed by atoms with Crippen LogP contribution in [0.3, 0.4) is 0 Å². The molecule has 8 unspecified atom stereocenters. The van der Waals surface area contributed by atoms with Crippen LogP contribution in [-0.4, -0.2) is 76.5 Å². The zero-order valence-electron chi connectivity index (χ0n) is 37.6. The lowest BCUT2D eigenvalue weighted by molar-refractivity contribution is -0.202. The normalized spacial score (nSPS) is 49.2. The van der Waals surface area contributed by atoms with Gasteiger partial charge in [0.15, 0.2) is 0 Å². The number of aliphatic carboxylic acids is 2. The van der Waals surface area contributed by atoms with Gasteiger partial charge in [-0.3, -0.25) is 24.0 Å². The van der Waals surface area contributed by atoms with E-state index in [4.69, 9.17) is 30.5 Å². The summed E-state index contributed by atoms with van der Waals surface area (Å²) in [5.74, 6) is 4.35. The van der Waals surface area contributed by atoms with Gasteiger partial charge < -0.3 is 29.2 Å². The van der Waals surface area contributed by atoms with Crippen molar-refractivity contribution in [2.75, 3.05) is 7.11 Å². The maximum absolute atomic E-state index is 11.8. The van der Waals surface area contributed by atoms with Crippen molar-refractivity contribution in [3.05, 3.63) is 35.9 Å². The van der Waals surface area contributed by atoms with Crippen molar-refractivity contribution in [2.24, 2.45) is 64.1 Å². The molecule has 12 heteroatoms. The average Bonchev–Trinajstić information content (AvgIpc) is 3.20. The number of carboxylic acids is 2. The molecule has 0 aromatic heterocycles. The summed E-state index contributed by atoms with van der Waals surface area (Å²) in [5, 5.41) is 19.2. The van der Waals surface area contributed by atoms with Gasteiger partial charge in [-0.1, -0.05) is 30.3 Å². The van der Waals surface area contributed by atoms with E-state index in [0.29, 0.717) is 79.3 Å². The highest BCUT2D eigenvalue weighted by Gasteiger charge is 2.64. The monoisotopic (exact) mass is 904 g/mol. The summed E-state index contributed by atoms with van der Waals surface area (Å²) in [6.45, 7) is 1.77. The van der Waals surface area contributed by atoms with Crippen molar-refractivity contribution in [3.8, 4) is 0 Å². The maximum atomic E-state index is 11.8. The van der Waals surface area contributed by atoms with Crippen LogP contribution < -0.4 is 0 Å². The van der Waals surface area contributed by atoms with Gasteiger partial charge in [-0.2, -0.15) is 0 Å². The molecule has 16 bridgehead atoms. The van der Waals surface area contributed by atoms with E-state index in [9.17, 15) is 34.2 Å². The fraction of sp³-hybridized carbons (Fsp3) is 0.788. The number of rotatable bonds is 10. The molecule has 1 aromatic carbocycles. The number of benzene rings is 1. The van der Waals surface area contributed by atoms with Crippen LogP contribution in [0.25, 0.3) is 0 Å². The second-order valence-electron chi connectivity index (χ2n) is 24.2. The van der Waals surface area contributed by atoms with Crippen LogP contribution in [0.15, 0.2) is 30.3 Å². The topological polar surface area (TPSA) is 163 Å². The summed E-state index contributed by atoms with van der Waals surface area (Å²) in [7, 11) is 1.82. The maximum Gasteiger partial charge on any atom is 0.309 e. The van der Waals surface area contributed by atoms with E-state index in [2.05, 4.69) is 30.3 Å². The Morgan fingerprint density at radius 1 is 0.531 bits per heavy atom. The van der Waals surface area contributed by atoms with Gasteiger partial charge >= 0.3 is 11.9 Å². The molecule has 2 N–H and O–H groups in total. The van der Waals surface area contributed by atoms with E-state index in [1.54, 1.807) is 0 Å². The minimum absolute atomic E-state index is 0.0485. The molecule has 16 aliphatic carbocycles. The Balaban J connectivity index is 0.000000102. The SMILES string of the molecule is COC1C2CC3CC1CC(OC=O)(C3)C2.O=C(O)C12CC3CC(C1)CC(c1ccccc1)(C3)C2.O=COC12CC3CC(C1)CC(C(=O)O)(C3)C2.O=COC12CC3CC(CC(Cl)(C3)C1)C2. The third-order valence-corrected chi connectivity index (χ3v) is 20.0. The van der Waals surface area contributed by atoms with Gasteiger partial charge in [-0.25, -0.2) is 0 Å². The molecule has 0 saturated heterocycles. The van der Waals surface area contributed by atoms with Gasteiger partial charge in [0.25, 0.3) is 19.4 Å². The molecule has 11 nitrogen and oxygen atoms in total. The molecule has 16 aliphatic rings. The number of carbonyl (C=O) groups excluding carboxylic acids is 3. The fourth-order valence-corrected chi connectivity index (χ4v) is 19.8. The first kappa shape index (κ1) is 44.6. The Hall–Kier alpha value is -3.18. The number of ether oxygens (including phenoxy) is 4. The van der Waals surface area contributed by atoms with Gasteiger partial charge in [0.2, 0.25) is 0 Å². The van der Waals surface area contributed by atoms with Crippen molar-refractivity contribution in [2.45, 2.75) is 181 Å². The van der Waals surface area contributed by atoms with Gasteiger partial charge in [-0.15, -0.1) is 11.6 Å². The lowest BCUT2D eigenvalue weighted by Crippen LogP contribution is -2.59. The van der Waals surface area contributed by atoms with E-state index in [1.807, 2.05) is 7.11 Å². The molecule has 350 valence electrons. The molecule has 8 atom stereocenters. The largest absolute Gasteiger partial charge is 0.481 e. The van der Waals surface area contributed by atoms with Gasteiger partial charge in [0.05, 0.1) is 16.9 Å². The molecule has 16 saturated carbocycles. The summed E-state index contributed by atoms with van der Waals surface area (Å²) < 4.78 is 21.6. The number of carbonyl (C=O) groups is 5. The molecule has 16 fully saturated rings. The summed E-state index contributed by atoms with van der Waals surface area (Å²) in [4.78, 5) is 54.9. The molecular weight excluding hydrogens is 836 g/mol. The van der Waals surface area contributed by atoms with E-state index in [0.717, 1.165) is 109 Å². The van der Waals surface area contributed by atoms with E-state index < -0.39 is 28.4 Å². The third-order valence-electron chi connectivity index (χ3n) is 19.6. The Kier molecular flexibility index (Phi) is 11.3. The average molecular weight is 906 g/mol. The summed E-state index contributed by atoms with van der Waals surface area (Å²) in [6.07, 6.45) is 24.0. The lowest BCUT2D eigenvalue weighted by atomic mass is 9.43. The second-order valence-corrected chi connectivity index (χ2v) is 25.0. The Bertz CT molecular complexity index is 1910.